The fourth-order valence-corrected chi connectivity index (χ4v) is 1.09. The zero-order chi connectivity index (χ0) is 10.6. The van der Waals surface area contributed by atoms with Crippen molar-refractivity contribution in [1.29, 1.82) is 0 Å². The summed E-state index contributed by atoms with van der Waals surface area (Å²) >= 11 is 5.70. The van der Waals surface area contributed by atoms with Crippen LogP contribution in [-0.2, 0) is 4.79 Å². The van der Waals surface area contributed by atoms with E-state index in [1.165, 1.54) is 4.90 Å². The van der Waals surface area contributed by atoms with E-state index in [2.05, 4.69) is 0 Å². The van der Waals surface area contributed by atoms with Gasteiger partial charge in [0.2, 0.25) is 0 Å². The Labute approximate surface area is 87.2 Å². The van der Waals surface area contributed by atoms with E-state index in [1.54, 1.807) is 31.3 Å². The lowest BCUT2D eigenvalue weighted by Gasteiger charge is -2.14. The number of amides is 1. The van der Waals surface area contributed by atoms with Gasteiger partial charge in [0, 0.05) is 23.8 Å². The number of benzene rings is 1. The second kappa shape index (κ2) is 4.67. The summed E-state index contributed by atoms with van der Waals surface area (Å²) in [5.74, 6) is -0.296. The third kappa shape index (κ3) is 2.50. The van der Waals surface area contributed by atoms with Crippen molar-refractivity contribution in [3.05, 3.63) is 41.6 Å². The molecular formula is C10H10ClNO2. The molecule has 4 heteroatoms. The molecule has 0 unspecified atom stereocenters. The van der Waals surface area contributed by atoms with Gasteiger partial charge >= 0.3 is 0 Å². The van der Waals surface area contributed by atoms with Crippen molar-refractivity contribution in [1.82, 2.24) is 0 Å². The summed E-state index contributed by atoms with van der Waals surface area (Å²) in [7, 11) is 1.62. The lowest BCUT2D eigenvalue weighted by Crippen LogP contribution is -2.23. The lowest BCUT2D eigenvalue weighted by molar-refractivity contribution is -0.114. The molecule has 0 fully saturated rings. The highest BCUT2D eigenvalue weighted by Gasteiger charge is 2.06. The molecule has 0 saturated heterocycles. The Kier molecular flexibility index (Phi) is 3.54. The van der Waals surface area contributed by atoms with Crippen LogP contribution in [-0.4, -0.2) is 18.1 Å². The smallest absolute Gasteiger partial charge is 0.253 e. The lowest BCUT2D eigenvalue weighted by atomic mass is 10.3. The minimum absolute atomic E-state index is 0.296. The van der Waals surface area contributed by atoms with Crippen LogP contribution in [0.2, 0.25) is 5.02 Å². The van der Waals surface area contributed by atoms with Gasteiger partial charge in [0.1, 0.15) is 0 Å². The third-order valence-electron chi connectivity index (χ3n) is 1.76. The maximum absolute atomic E-state index is 11.3. The molecule has 1 rings (SSSR count). The fourth-order valence-electron chi connectivity index (χ4n) is 0.968. The molecule has 1 amide bonds. The number of hydrogen-bond donors (Lipinski definition) is 1. The van der Waals surface area contributed by atoms with Crippen molar-refractivity contribution < 1.29 is 9.90 Å². The van der Waals surface area contributed by atoms with Gasteiger partial charge in [-0.25, -0.2) is 0 Å². The normalized spacial score (nSPS) is 10.4. The maximum Gasteiger partial charge on any atom is 0.253 e. The molecule has 1 aromatic carbocycles. The molecule has 0 radical (unpaired) electrons. The minimum Gasteiger partial charge on any atom is -0.515 e. The highest BCUT2D eigenvalue weighted by atomic mass is 35.5. The molecule has 0 spiro atoms. The van der Waals surface area contributed by atoms with Crippen LogP contribution in [0, 0.1) is 0 Å². The summed E-state index contributed by atoms with van der Waals surface area (Å²) in [6, 6.07) is 6.85. The summed E-state index contributed by atoms with van der Waals surface area (Å²) in [6.45, 7) is 0. The average molecular weight is 212 g/mol. The van der Waals surface area contributed by atoms with E-state index in [0.717, 1.165) is 18.0 Å². The highest BCUT2D eigenvalue weighted by molar-refractivity contribution is 6.30. The highest BCUT2D eigenvalue weighted by Crippen LogP contribution is 2.16. The van der Waals surface area contributed by atoms with E-state index in [-0.39, 0.29) is 5.91 Å². The summed E-state index contributed by atoms with van der Waals surface area (Å²) in [5, 5.41) is 9.05. The first-order valence-corrected chi connectivity index (χ1v) is 4.37. The van der Waals surface area contributed by atoms with Crippen LogP contribution in [0.25, 0.3) is 0 Å². The minimum atomic E-state index is -0.296. The van der Waals surface area contributed by atoms with Gasteiger partial charge < -0.3 is 10.0 Å². The number of aliphatic hydroxyl groups excluding tert-OH is 1. The third-order valence-corrected chi connectivity index (χ3v) is 2.01. The number of halogens is 1. The zero-order valence-corrected chi connectivity index (χ0v) is 8.40. The van der Waals surface area contributed by atoms with Crippen LogP contribution < -0.4 is 4.90 Å². The van der Waals surface area contributed by atoms with Crippen LogP contribution in [0.5, 0.6) is 0 Å². The van der Waals surface area contributed by atoms with Crippen molar-refractivity contribution in [3.8, 4) is 0 Å². The molecule has 3 nitrogen and oxygen atoms in total. The second-order valence-corrected chi connectivity index (χ2v) is 3.13. The quantitative estimate of drug-likeness (QED) is 0.603. The Bertz CT molecular complexity index is 346. The summed E-state index contributed by atoms with van der Waals surface area (Å²) in [6.07, 6.45) is 1.79. The molecular weight excluding hydrogens is 202 g/mol. The number of nitrogens with zero attached hydrogens (tertiary/aromatic N) is 1. The first kappa shape index (κ1) is 10.6. The van der Waals surface area contributed by atoms with Crippen LogP contribution in [0.4, 0.5) is 5.69 Å². The first-order valence-electron chi connectivity index (χ1n) is 3.99. The average Bonchev–Trinajstić information content (AvgIpc) is 2.18. The van der Waals surface area contributed by atoms with Crippen LogP contribution in [0.1, 0.15) is 0 Å². The molecule has 0 aliphatic rings. The van der Waals surface area contributed by atoms with Gasteiger partial charge in [-0.1, -0.05) is 11.6 Å². The standard InChI is InChI=1S/C10H10ClNO2/c1-12(10(14)6-7-13)9-4-2-8(11)3-5-9/h2-7,13H,1H3/b7-6+. The van der Waals surface area contributed by atoms with Crippen molar-refractivity contribution in [2.45, 2.75) is 0 Å². The Morgan fingerprint density at radius 3 is 2.50 bits per heavy atom. The molecule has 0 atom stereocenters. The Morgan fingerprint density at radius 1 is 1.43 bits per heavy atom. The number of likely N-dealkylation sites (N-methyl/N-ethyl adjacent to an activating group) is 1. The van der Waals surface area contributed by atoms with Gasteiger partial charge in [-0.15, -0.1) is 0 Å². The molecule has 0 heterocycles. The van der Waals surface area contributed by atoms with Crippen molar-refractivity contribution >= 4 is 23.2 Å². The van der Waals surface area contributed by atoms with Crippen molar-refractivity contribution in [2.24, 2.45) is 0 Å². The van der Waals surface area contributed by atoms with Gasteiger partial charge in [0.25, 0.3) is 5.91 Å². The molecule has 74 valence electrons. The number of hydrogen-bond acceptors (Lipinski definition) is 2. The largest absolute Gasteiger partial charge is 0.515 e. The molecule has 0 aromatic heterocycles. The Morgan fingerprint density at radius 2 is 2.00 bits per heavy atom. The maximum atomic E-state index is 11.3. The predicted molar refractivity (Wildman–Crippen MR) is 56.6 cm³/mol. The summed E-state index contributed by atoms with van der Waals surface area (Å²) < 4.78 is 0. The molecule has 0 saturated carbocycles. The Balaban J connectivity index is 2.84. The van der Waals surface area contributed by atoms with E-state index in [1.807, 2.05) is 0 Å². The molecule has 0 bridgehead atoms. The van der Waals surface area contributed by atoms with E-state index in [0.29, 0.717) is 5.02 Å². The Hall–Kier alpha value is -1.48. The molecule has 0 aliphatic heterocycles. The van der Waals surface area contributed by atoms with Gasteiger partial charge in [-0.3, -0.25) is 4.79 Å². The number of rotatable bonds is 2. The van der Waals surface area contributed by atoms with Gasteiger partial charge in [-0.2, -0.15) is 0 Å². The number of anilines is 1. The van der Waals surface area contributed by atoms with E-state index >= 15 is 0 Å². The monoisotopic (exact) mass is 211 g/mol. The molecule has 14 heavy (non-hydrogen) atoms. The predicted octanol–water partition coefficient (Wildman–Crippen LogP) is 2.37. The fraction of sp³-hybridized carbons (Fsp3) is 0.100. The van der Waals surface area contributed by atoms with Crippen LogP contribution in [0.15, 0.2) is 36.6 Å². The first-order chi connectivity index (χ1) is 6.65. The SMILES string of the molecule is CN(C(=O)/C=C/O)c1ccc(Cl)cc1. The summed E-state index contributed by atoms with van der Waals surface area (Å²) in [4.78, 5) is 12.7. The van der Waals surface area contributed by atoms with E-state index in [9.17, 15) is 4.79 Å². The van der Waals surface area contributed by atoms with Crippen molar-refractivity contribution in [2.75, 3.05) is 11.9 Å². The van der Waals surface area contributed by atoms with E-state index < -0.39 is 0 Å². The van der Waals surface area contributed by atoms with E-state index in [4.69, 9.17) is 16.7 Å². The van der Waals surface area contributed by atoms with Crippen LogP contribution in [0.3, 0.4) is 0 Å². The van der Waals surface area contributed by atoms with Crippen molar-refractivity contribution in [3.63, 3.8) is 0 Å². The van der Waals surface area contributed by atoms with Gasteiger partial charge in [0.15, 0.2) is 0 Å². The molecule has 1 aromatic rings. The second-order valence-electron chi connectivity index (χ2n) is 2.69. The molecule has 0 aliphatic carbocycles. The molecule has 1 N–H and O–H groups in total. The van der Waals surface area contributed by atoms with Crippen LogP contribution >= 0.6 is 11.6 Å². The van der Waals surface area contributed by atoms with Gasteiger partial charge in [-0.05, 0) is 24.3 Å². The number of aliphatic hydroxyl groups is 1. The zero-order valence-electron chi connectivity index (χ0n) is 7.64. The number of carbonyl (C=O) groups excluding carboxylic acids is 1. The van der Waals surface area contributed by atoms with Gasteiger partial charge in [0.05, 0.1) is 6.26 Å². The topological polar surface area (TPSA) is 40.5 Å². The number of carbonyl (C=O) groups is 1. The summed E-state index contributed by atoms with van der Waals surface area (Å²) in [5.41, 5.74) is 0.720.